The lowest BCUT2D eigenvalue weighted by molar-refractivity contribution is -0.219. The maximum absolute atomic E-state index is 7.29. The molecule has 2 aliphatic rings. The largest absolute Gasteiger partial charge is 0.402 e. The molecule has 9 nitrogen and oxygen atoms in total. The van der Waals surface area contributed by atoms with Gasteiger partial charge in [0, 0.05) is 0 Å². The van der Waals surface area contributed by atoms with Gasteiger partial charge in [-0.1, -0.05) is 117 Å². The maximum Gasteiger partial charge on any atom is 0.261 e. The van der Waals surface area contributed by atoms with Gasteiger partial charge in [0.2, 0.25) is 0 Å². The molecule has 0 aliphatic carbocycles. The third kappa shape index (κ3) is 9.16. The zero-order valence-electron chi connectivity index (χ0n) is 28.6. The van der Waals surface area contributed by atoms with E-state index in [0.717, 1.165) is 15.9 Å². The smallest absolute Gasteiger partial charge is 0.261 e. The second-order valence-corrected chi connectivity index (χ2v) is 18.1. The summed E-state index contributed by atoms with van der Waals surface area (Å²) in [7, 11) is -2.93. The van der Waals surface area contributed by atoms with Gasteiger partial charge in [-0.15, -0.1) is 0 Å². The van der Waals surface area contributed by atoms with Crippen molar-refractivity contribution in [2.45, 2.75) is 90.4 Å². The van der Waals surface area contributed by atoms with Gasteiger partial charge in [-0.3, -0.25) is 0 Å². The molecule has 3 atom stereocenters. The van der Waals surface area contributed by atoms with Crippen LogP contribution in [0.5, 0.6) is 0 Å². The van der Waals surface area contributed by atoms with Gasteiger partial charge in [0.25, 0.3) is 8.32 Å². The SMILES string of the molecule is CC1(C)OCC(OC[C@H](OC2COC(C)(C)O2)/C(CO[Si](c2ccccc2)(c2ccccc2)C(C)(C)C)=N/OCc2ccccc2)O1. The molecule has 3 aromatic rings. The molecule has 0 aromatic heterocycles. The van der Waals surface area contributed by atoms with Gasteiger partial charge in [0.1, 0.15) is 31.6 Å². The molecular weight excluding hydrogens is 614 g/mol. The molecule has 2 unspecified atom stereocenters. The van der Waals surface area contributed by atoms with Crippen molar-refractivity contribution in [2.75, 3.05) is 26.4 Å². The van der Waals surface area contributed by atoms with Gasteiger partial charge in [0.15, 0.2) is 24.2 Å². The number of benzene rings is 3. The van der Waals surface area contributed by atoms with Crippen LogP contribution in [0.15, 0.2) is 96.2 Å². The third-order valence-corrected chi connectivity index (χ3v) is 13.2. The first-order valence-electron chi connectivity index (χ1n) is 16.3. The van der Waals surface area contributed by atoms with Crippen molar-refractivity contribution in [1.82, 2.24) is 0 Å². The minimum atomic E-state index is -2.93. The Morgan fingerprint density at radius 3 is 1.79 bits per heavy atom. The van der Waals surface area contributed by atoms with Crippen LogP contribution in [0.3, 0.4) is 0 Å². The minimum Gasteiger partial charge on any atom is -0.402 e. The van der Waals surface area contributed by atoms with Crippen molar-refractivity contribution in [2.24, 2.45) is 5.16 Å². The molecule has 47 heavy (non-hydrogen) atoms. The average molecular weight is 664 g/mol. The van der Waals surface area contributed by atoms with Crippen LogP contribution in [0, 0.1) is 0 Å². The zero-order valence-corrected chi connectivity index (χ0v) is 29.6. The molecule has 0 bridgehead atoms. The summed E-state index contributed by atoms with van der Waals surface area (Å²) in [4.78, 5) is 6.00. The van der Waals surface area contributed by atoms with Crippen molar-refractivity contribution in [1.29, 1.82) is 0 Å². The van der Waals surface area contributed by atoms with Crippen LogP contribution >= 0.6 is 0 Å². The van der Waals surface area contributed by atoms with Gasteiger partial charge >= 0.3 is 0 Å². The summed E-state index contributed by atoms with van der Waals surface area (Å²) >= 11 is 0. The number of hydrogen-bond donors (Lipinski definition) is 0. The van der Waals surface area contributed by atoms with Crippen molar-refractivity contribution in [3.8, 4) is 0 Å². The number of nitrogens with zero attached hydrogens (tertiary/aromatic N) is 1. The average Bonchev–Trinajstić information content (AvgIpc) is 3.58. The van der Waals surface area contributed by atoms with Crippen LogP contribution in [0.25, 0.3) is 0 Å². The topological polar surface area (TPSA) is 86.2 Å². The fraction of sp³-hybridized carbons (Fsp3) is 0.486. The molecule has 2 saturated heterocycles. The quantitative estimate of drug-likeness (QED) is 0.122. The van der Waals surface area contributed by atoms with E-state index in [1.807, 2.05) is 70.2 Å². The van der Waals surface area contributed by atoms with E-state index in [-0.39, 0.29) is 31.5 Å². The highest BCUT2D eigenvalue weighted by Gasteiger charge is 2.50. The Morgan fingerprint density at radius 2 is 1.30 bits per heavy atom. The predicted octanol–water partition coefficient (Wildman–Crippen LogP) is 5.76. The molecular formula is C37H49NO8Si. The molecule has 0 amide bonds. The molecule has 0 radical (unpaired) electrons. The normalized spacial score (nSPS) is 21.9. The molecule has 254 valence electrons. The molecule has 0 saturated carbocycles. The van der Waals surface area contributed by atoms with E-state index < -0.39 is 38.6 Å². The highest BCUT2D eigenvalue weighted by molar-refractivity contribution is 6.99. The van der Waals surface area contributed by atoms with Crippen LogP contribution in [0.2, 0.25) is 5.04 Å². The number of rotatable bonds is 14. The molecule has 2 aliphatic heterocycles. The lowest BCUT2D eigenvalue weighted by Crippen LogP contribution is -2.67. The first kappa shape index (κ1) is 35.4. The van der Waals surface area contributed by atoms with Crippen molar-refractivity contribution in [3.63, 3.8) is 0 Å². The van der Waals surface area contributed by atoms with E-state index in [1.165, 1.54) is 0 Å². The standard InChI is InChI=1S/C37H49NO8Si/c1-35(2,3)47(29-19-13-9-14-20-29,30-21-15-10-16-22-30)43-24-31(38-42-23-28-17-11-8-12-18-28)32(44-34-27-41-37(6,7)46-34)25-39-33-26-40-36(4,5)45-33/h8-22,32-34H,23-27H2,1-7H3/b38-31+/t32-,33?,34?/m0/s1. The Morgan fingerprint density at radius 1 is 0.787 bits per heavy atom. The van der Waals surface area contributed by atoms with Gasteiger partial charge < -0.3 is 37.7 Å². The number of hydrogen-bond acceptors (Lipinski definition) is 9. The van der Waals surface area contributed by atoms with Crippen LogP contribution in [0.1, 0.15) is 54.0 Å². The first-order valence-corrected chi connectivity index (χ1v) is 18.2. The highest BCUT2D eigenvalue weighted by atomic mass is 28.4. The predicted molar refractivity (Wildman–Crippen MR) is 183 cm³/mol. The summed E-state index contributed by atoms with van der Waals surface area (Å²) in [6.45, 7) is 15.2. The minimum absolute atomic E-state index is 0.0992. The van der Waals surface area contributed by atoms with E-state index >= 15 is 0 Å². The van der Waals surface area contributed by atoms with Crippen molar-refractivity contribution < 1.29 is 37.7 Å². The number of oxime groups is 1. The second kappa shape index (κ2) is 15.1. The van der Waals surface area contributed by atoms with Crippen molar-refractivity contribution in [3.05, 3.63) is 96.6 Å². The second-order valence-electron chi connectivity index (χ2n) is 13.8. The summed E-state index contributed by atoms with van der Waals surface area (Å²) in [5.74, 6) is -1.52. The molecule has 0 spiro atoms. The molecule has 3 aromatic carbocycles. The Bertz CT molecular complexity index is 1390. The van der Waals surface area contributed by atoms with Crippen LogP contribution in [0.4, 0.5) is 0 Å². The van der Waals surface area contributed by atoms with Crippen LogP contribution in [-0.2, 0) is 44.3 Å². The van der Waals surface area contributed by atoms with E-state index in [1.54, 1.807) is 0 Å². The molecule has 10 heteroatoms. The van der Waals surface area contributed by atoms with E-state index in [4.69, 9.17) is 37.7 Å². The fourth-order valence-corrected chi connectivity index (χ4v) is 10.5. The lowest BCUT2D eigenvalue weighted by atomic mass is 10.2. The summed E-state index contributed by atoms with van der Waals surface area (Å²) < 4.78 is 43.6. The summed E-state index contributed by atoms with van der Waals surface area (Å²) in [6.07, 6.45) is -1.93. The Balaban J connectivity index is 1.49. The third-order valence-electron chi connectivity index (χ3n) is 8.19. The molecule has 2 fully saturated rings. The van der Waals surface area contributed by atoms with Gasteiger partial charge in [-0.05, 0) is 48.7 Å². The fourth-order valence-electron chi connectivity index (χ4n) is 5.93. The molecule has 2 heterocycles. The van der Waals surface area contributed by atoms with Crippen molar-refractivity contribution >= 4 is 24.4 Å². The molecule has 5 rings (SSSR count). The first-order chi connectivity index (χ1) is 22.4. The highest BCUT2D eigenvalue weighted by Crippen LogP contribution is 2.37. The van der Waals surface area contributed by atoms with Crippen LogP contribution < -0.4 is 10.4 Å². The lowest BCUT2D eigenvalue weighted by Gasteiger charge is -2.43. The van der Waals surface area contributed by atoms with Gasteiger partial charge in [-0.2, -0.15) is 0 Å². The van der Waals surface area contributed by atoms with Gasteiger partial charge in [-0.25, -0.2) is 0 Å². The zero-order chi connectivity index (χ0) is 33.5. The summed E-state index contributed by atoms with van der Waals surface area (Å²) in [6, 6.07) is 30.9. The van der Waals surface area contributed by atoms with E-state index in [0.29, 0.717) is 12.3 Å². The summed E-state index contributed by atoms with van der Waals surface area (Å²) in [5, 5.41) is 6.75. The Kier molecular flexibility index (Phi) is 11.4. The maximum atomic E-state index is 7.29. The van der Waals surface area contributed by atoms with E-state index in [2.05, 4.69) is 74.5 Å². The number of ether oxygens (including phenoxy) is 6. The summed E-state index contributed by atoms with van der Waals surface area (Å²) in [5.41, 5.74) is 1.52. The van der Waals surface area contributed by atoms with Gasteiger partial charge in [0.05, 0.1) is 13.2 Å². The van der Waals surface area contributed by atoms with E-state index in [9.17, 15) is 0 Å². The Labute approximate surface area is 280 Å². The molecule has 0 N–H and O–H groups in total. The monoisotopic (exact) mass is 663 g/mol. The Hall–Kier alpha value is -2.93. The van der Waals surface area contributed by atoms with Crippen LogP contribution in [-0.4, -0.2) is 70.7 Å².